The summed E-state index contributed by atoms with van der Waals surface area (Å²) in [7, 11) is -3.69. The molecule has 2 aromatic carbocycles. The Balaban J connectivity index is 1.78. The van der Waals surface area contributed by atoms with Gasteiger partial charge in [-0.05, 0) is 47.9 Å². The highest BCUT2D eigenvalue weighted by atomic mass is 32.2. The molecular weight excluding hydrogens is 509 g/mol. The number of nitrogens with one attached hydrogen (secondary N) is 1. The molecule has 0 aliphatic rings. The Morgan fingerprint density at radius 2 is 1.78 bits per heavy atom. The lowest BCUT2D eigenvalue weighted by molar-refractivity contribution is 0.102. The summed E-state index contributed by atoms with van der Waals surface area (Å²) in [5, 5.41) is 6.88. The molecule has 0 radical (unpaired) electrons. The van der Waals surface area contributed by atoms with E-state index >= 15 is 0 Å². The average molecular weight is 537 g/mol. The topological polar surface area (TPSA) is 135 Å². The second-order valence-corrected chi connectivity index (χ2v) is 10.7. The lowest BCUT2D eigenvalue weighted by atomic mass is 10.2. The van der Waals surface area contributed by atoms with Gasteiger partial charge in [-0.3, -0.25) is 4.79 Å². The number of methoxy groups -OCH3 is 1. The summed E-state index contributed by atoms with van der Waals surface area (Å²) in [6, 6.07) is 12.2. The van der Waals surface area contributed by atoms with E-state index < -0.39 is 23.8 Å². The molecule has 0 spiro atoms. The minimum atomic E-state index is -3.34. The van der Waals surface area contributed by atoms with Crippen LogP contribution in [-0.4, -0.2) is 57.3 Å². The Morgan fingerprint density at radius 1 is 1.06 bits per heavy atom. The number of carbonyl (C=O) groups is 1. The van der Waals surface area contributed by atoms with E-state index in [0.717, 1.165) is 6.26 Å². The van der Waals surface area contributed by atoms with E-state index in [1.54, 1.807) is 38.4 Å². The zero-order valence-electron chi connectivity index (χ0n) is 20.0. The second-order valence-electron chi connectivity index (χ2n) is 7.47. The van der Waals surface area contributed by atoms with E-state index in [0.29, 0.717) is 30.5 Å². The predicted octanol–water partition coefficient (Wildman–Crippen LogP) is 4.09. The molecule has 11 nitrogen and oxygen atoms in total. The summed E-state index contributed by atoms with van der Waals surface area (Å²) >= 11 is 0. The van der Waals surface area contributed by atoms with E-state index in [1.165, 1.54) is 35.0 Å². The van der Waals surface area contributed by atoms with Gasteiger partial charge in [0.05, 0.1) is 18.1 Å². The number of amides is 1. The zero-order valence-corrected chi connectivity index (χ0v) is 21.8. The van der Waals surface area contributed by atoms with Crippen LogP contribution < -0.4 is 14.8 Å². The first-order chi connectivity index (χ1) is 17.2. The fourth-order valence-electron chi connectivity index (χ4n) is 2.98. The van der Waals surface area contributed by atoms with Crippen molar-refractivity contribution >= 4 is 29.6 Å². The third kappa shape index (κ3) is 8.13. The fraction of sp³-hybridized carbons (Fsp3) is 0.304. The van der Waals surface area contributed by atoms with Crippen LogP contribution in [0.4, 0.5) is 5.82 Å². The van der Waals surface area contributed by atoms with Gasteiger partial charge in [0.25, 0.3) is 12.2 Å². The summed E-state index contributed by atoms with van der Waals surface area (Å²) in [5.74, 6) is 0.862. The molecule has 36 heavy (non-hydrogen) atoms. The molecule has 0 saturated carbocycles. The molecule has 3 aromatic rings. The number of anilines is 1. The van der Waals surface area contributed by atoms with E-state index in [2.05, 4.69) is 10.4 Å². The van der Waals surface area contributed by atoms with Crippen molar-refractivity contribution in [1.82, 2.24) is 9.78 Å². The molecule has 1 amide bonds. The van der Waals surface area contributed by atoms with Gasteiger partial charge < -0.3 is 19.5 Å². The summed E-state index contributed by atoms with van der Waals surface area (Å²) in [6.07, 6.45) is 2.77. The van der Waals surface area contributed by atoms with Crippen LogP contribution in [0.5, 0.6) is 17.2 Å². The van der Waals surface area contributed by atoms with Crippen molar-refractivity contribution in [1.29, 1.82) is 0 Å². The minimum absolute atomic E-state index is 0.0674. The Morgan fingerprint density at radius 3 is 2.44 bits per heavy atom. The summed E-state index contributed by atoms with van der Waals surface area (Å²) in [6.45, 7) is 2.68. The third-order valence-corrected chi connectivity index (χ3v) is 6.80. The number of hydrogen-bond acceptors (Lipinski definition) is 9. The normalized spacial score (nSPS) is 11.7. The van der Waals surface area contributed by atoms with Gasteiger partial charge in [0, 0.05) is 37.3 Å². The van der Waals surface area contributed by atoms with Gasteiger partial charge in [-0.1, -0.05) is 0 Å². The summed E-state index contributed by atoms with van der Waals surface area (Å²) in [4.78, 5) is 13.1. The van der Waals surface area contributed by atoms with Gasteiger partial charge in [-0.25, -0.2) is 13.1 Å². The Bertz CT molecular complexity index is 1310. The lowest BCUT2D eigenvalue weighted by Crippen LogP contribution is -2.13. The molecule has 1 heterocycles. The highest BCUT2D eigenvalue weighted by Crippen LogP contribution is 2.29. The number of rotatable bonds is 13. The molecule has 192 valence electrons. The SMILES string of the molecule is CCO[P+](=O)Cn1ccc(NC(=O)c2cc(OCCOC)cc(Oc3ccc(S(C)(=O)=O)cc3)c2)n1. The number of benzene rings is 2. The van der Waals surface area contributed by atoms with Gasteiger partial charge in [0.15, 0.2) is 15.7 Å². The Labute approximate surface area is 210 Å². The monoisotopic (exact) mass is 536 g/mol. The molecule has 1 unspecified atom stereocenters. The van der Waals surface area contributed by atoms with Crippen LogP contribution in [0, 0.1) is 0 Å². The fourth-order valence-corrected chi connectivity index (χ4v) is 4.37. The quantitative estimate of drug-likeness (QED) is 0.253. The first-order valence-electron chi connectivity index (χ1n) is 10.8. The average Bonchev–Trinajstić information content (AvgIpc) is 3.25. The summed E-state index contributed by atoms with van der Waals surface area (Å²) < 4.78 is 58.1. The van der Waals surface area contributed by atoms with Crippen molar-refractivity contribution in [3.8, 4) is 17.2 Å². The highest BCUT2D eigenvalue weighted by molar-refractivity contribution is 7.90. The molecular formula is C23H27N3O8PS+. The van der Waals surface area contributed by atoms with Crippen LogP contribution in [-0.2, 0) is 29.9 Å². The maximum absolute atomic E-state index is 12.9. The van der Waals surface area contributed by atoms with Crippen LogP contribution in [0.15, 0.2) is 59.6 Å². The second kappa shape index (κ2) is 12.6. The maximum Gasteiger partial charge on any atom is 0.531 e. The van der Waals surface area contributed by atoms with E-state index in [-0.39, 0.29) is 29.2 Å². The molecule has 0 aliphatic heterocycles. The van der Waals surface area contributed by atoms with Crippen molar-refractivity contribution in [3.05, 3.63) is 60.3 Å². The number of carbonyl (C=O) groups excluding carboxylic acids is 1. The predicted molar refractivity (Wildman–Crippen MR) is 133 cm³/mol. The van der Waals surface area contributed by atoms with Crippen molar-refractivity contribution in [2.45, 2.75) is 18.1 Å². The molecule has 1 atom stereocenters. The zero-order chi connectivity index (χ0) is 26.1. The Hall–Kier alpha value is -3.31. The van der Waals surface area contributed by atoms with Crippen LogP contribution in [0.25, 0.3) is 0 Å². The van der Waals surface area contributed by atoms with Crippen LogP contribution >= 0.6 is 8.03 Å². The number of nitrogens with zero attached hydrogens (tertiary/aromatic N) is 2. The van der Waals surface area contributed by atoms with Crippen molar-refractivity contribution in [3.63, 3.8) is 0 Å². The number of sulfone groups is 1. The lowest BCUT2D eigenvalue weighted by Gasteiger charge is -2.12. The van der Waals surface area contributed by atoms with Gasteiger partial charge in [-0.2, -0.15) is 5.10 Å². The number of ether oxygens (including phenoxy) is 3. The van der Waals surface area contributed by atoms with Gasteiger partial charge in [-0.15, -0.1) is 4.52 Å². The molecule has 1 N–H and O–H groups in total. The highest BCUT2D eigenvalue weighted by Gasteiger charge is 2.19. The number of aromatic nitrogens is 2. The van der Waals surface area contributed by atoms with Crippen molar-refractivity contribution < 1.29 is 36.5 Å². The molecule has 0 fully saturated rings. The van der Waals surface area contributed by atoms with Gasteiger partial charge in [0.1, 0.15) is 23.9 Å². The van der Waals surface area contributed by atoms with Crippen LogP contribution in [0.1, 0.15) is 17.3 Å². The van der Waals surface area contributed by atoms with Gasteiger partial charge in [0.2, 0.25) is 0 Å². The Kier molecular flexibility index (Phi) is 9.54. The van der Waals surface area contributed by atoms with E-state index in [1.807, 2.05) is 0 Å². The van der Waals surface area contributed by atoms with Crippen molar-refractivity contribution in [2.24, 2.45) is 0 Å². The molecule has 13 heteroatoms. The van der Waals surface area contributed by atoms with E-state index in [9.17, 15) is 17.8 Å². The molecule has 3 rings (SSSR count). The molecule has 0 aliphatic carbocycles. The summed E-state index contributed by atoms with van der Waals surface area (Å²) in [5.41, 5.74) is 0.239. The first kappa shape index (κ1) is 27.3. The minimum Gasteiger partial charge on any atom is -0.491 e. The first-order valence-corrected chi connectivity index (χ1v) is 14.1. The molecule has 0 bridgehead atoms. The molecule has 1 aromatic heterocycles. The van der Waals surface area contributed by atoms with Crippen LogP contribution in [0.3, 0.4) is 0 Å². The van der Waals surface area contributed by atoms with Crippen LogP contribution in [0.2, 0.25) is 0 Å². The van der Waals surface area contributed by atoms with Gasteiger partial charge >= 0.3 is 8.03 Å². The third-order valence-electron chi connectivity index (χ3n) is 4.60. The largest absolute Gasteiger partial charge is 0.531 e. The van der Waals surface area contributed by atoms with E-state index in [4.69, 9.17) is 18.7 Å². The molecule has 0 saturated heterocycles. The number of hydrogen-bond donors (Lipinski definition) is 1. The smallest absolute Gasteiger partial charge is 0.491 e. The van der Waals surface area contributed by atoms with Crippen molar-refractivity contribution in [2.75, 3.05) is 38.5 Å². The maximum atomic E-state index is 12.9. The standard InChI is InChI=1S/C23H26N3O8PS/c1-4-33-35(28)16-26-10-9-22(25-26)24-23(27)17-13-19(32-12-11-31-2)15-20(14-17)34-18-5-7-21(8-6-18)36(3,29)30/h5-10,13-15H,4,11-12,16H2,1-3H3/p+1.